The van der Waals surface area contributed by atoms with Crippen molar-refractivity contribution in [2.24, 2.45) is 0 Å². The van der Waals surface area contributed by atoms with Gasteiger partial charge in [-0.05, 0) is 19.3 Å². The van der Waals surface area contributed by atoms with Gasteiger partial charge in [-0.15, -0.1) is 0 Å². The topological polar surface area (TPSA) is 33.2 Å². The minimum atomic E-state index is 0.282. The fourth-order valence-corrected chi connectivity index (χ4v) is 2.92. The molecular formula is C11H16N2OS. The summed E-state index contributed by atoms with van der Waals surface area (Å²) in [5.41, 5.74) is 1.02. The van der Waals surface area contributed by atoms with Crippen LogP contribution in [0.25, 0.3) is 0 Å². The number of ketones is 1. The van der Waals surface area contributed by atoms with Crippen LogP contribution in [0.1, 0.15) is 41.6 Å². The fraction of sp³-hybridized carbons (Fsp3) is 0.636. The second kappa shape index (κ2) is 4.31. The van der Waals surface area contributed by atoms with Gasteiger partial charge in [0.05, 0.1) is 10.6 Å². The Kier molecular flexibility index (Phi) is 3.05. The van der Waals surface area contributed by atoms with Crippen molar-refractivity contribution in [1.82, 2.24) is 4.98 Å². The van der Waals surface area contributed by atoms with Gasteiger partial charge >= 0.3 is 0 Å². The number of fused-ring (bicyclic) bond motifs is 1. The zero-order chi connectivity index (χ0) is 10.8. The molecule has 82 valence electrons. The first-order valence-electron chi connectivity index (χ1n) is 5.46. The van der Waals surface area contributed by atoms with Crippen molar-refractivity contribution in [2.45, 2.75) is 32.6 Å². The molecule has 3 nitrogen and oxygen atoms in total. The highest BCUT2D eigenvalue weighted by Crippen LogP contribution is 2.31. The summed E-state index contributed by atoms with van der Waals surface area (Å²) in [5, 5.41) is 0.997. The zero-order valence-corrected chi connectivity index (χ0v) is 10.1. The first-order valence-corrected chi connectivity index (χ1v) is 6.28. The van der Waals surface area contributed by atoms with Gasteiger partial charge in [-0.2, -0.15) is 0 Å². The lowest BCUT2D eigenvalue weighted by Crippen LogP contribution is -2.17. The number of rotatable bonds is 3. The Morgan fingerprint density at radius 2 is 2.27 bits per heavy atom. The van der Waals surface area contributed by atoms with E-state index in [4.69, 9.17) is 0 Å². The van der Waals surface area contributed by atoms with Gasteiger partial charge in [-0.3, -0.25) is 4.79 Å². The molecule has 0 aromatic carbocycles. The molecule has 4 heteroatoms. The Morgan fingerprint density at radius 1 is 1.47 bits per heavy atom. The summed E-state index contributed by atoms with van der Waals surface area (Å²) in [6, 6.07) is 0. The molecule has 0 unspecified atom stereocenters. The van der Waals surface area contributed by atoms with Crippen molar-refractivity contribution in [3.05, 3.63) is 10.6 Å². The van der Waals surface area contributed by atoms with Crippen LogP contribution in [-0.2, 0) is 6.42 Å². The van der Waals surface area contributed by atoms with Crippen molar-refractivity contribution in [2.75, 3.05) is 18.5 Å². The lowest BCUT2D eigenvalue weighted by Gasteiger charge is -2.13. The van der Waals surface area contributed by atoms with Crippen LogP contribution in [0.3, 0.4) is 0 Å². The number of aromatic nitrogens is 1. The van der Waals surface area contributed by atoms with E-state index in [1.165, 1.54) is 0 Å². The number of anilines is 1. The van der Waals surface area contributed by atoms with Crippen molar-refractivity contribution in [1.29, 1.82) is 0 Å². The molecule has 1 aliphatic carbocycles. The van der Waals surface area contributed by atoms with Crippen LogP contribution in [0.5, 0.6) is 0 Å². The van der Waals surface area contributed by atoms with Crippen molar-refractivity contribution < 1.29 is 4.79 Å². The molecule has 1 aromatic heterocycles. The second-order valence-electron chi connectivity index (χ2n) is 3.97. The third kappa shape index (κ3) is 2.04. The van der Waals surface area contributed by atoms with E-state index >= 15 is 0 Å². The summed E-state index contributed by atoms with van der Waals surface area (Å²) in [7, 11) is 2.04. The van der Waals surface area contributed by atoms with Gasteiger partial charge in [-0.1, -0.05) is 18.3 Å². The molecule has 0 bridgehead atoms. The predicted octanol–water partition coefficient (Wildman–Crippen LogP) is 2.51. The molecule has 1 heterocycles. The van der Waals surface area contributed by atoms with E-state index in [-0.39, 0.29) is 5.78 Å². The Balaban J connectivity index is 2.25. The maximum absolute atomic E-state index is 11.6. The first-order chi connectivity index (χ1) is 7.22. The van der Waals surface area contributed by atoms with Crippen LogP contribution < -0.4 is 4.90 Å². The predicted molar refractivity (Wildman–Crippen MR) is 62.9 cm³/mol. The molecular weight excluding hydrogens is 208 g/mol. The highest BCUT2D eigenvalue weighted by molar-refractivity contribution is 7.17. The van der Waals surface area contributed by atoms with E-state index in [0.29, 0.717) is 6.42 Å². The van der Waals surface area contributed by atoms with Gasteiger partial charge < -0.3 is 4.90 Å². The van der Waals surface area contributed by atoms with Crippen LogP contribution in [0.15, 0.2) is 0 Å². The van der Waals surface area contributed by atoms with Gasteiger partial charge in [0.1, 0.15) is 0 Å². The fourth-order valence-electron chi connectivity index (χ4n) is 1.85. The van der Waals surface area contributed by atoms with Crippen molar-refractivity contribution in [3.8, 4) is 0 Å². The van der Waals surface area contributed by atoms with E-state index in [9.17, 15) is 4.79 Å². The van der Waals surface area contributed by atoms with Crippen LogP contribution in [0, 0.1) is 0 Å². The largest absolute Gasteiger partial charge is 0.351 e. The number of Topliss-reactive ketones (excluding diaryl/α,β-unsaturated/α-hetero) is 1. The molecule has 1 aromatic rings. The van der Waals surface area contributed by atoms with E-state index in [1.54, 1.807) is 11.3 Å². The molecule has 0 atom stereocenters. The number of carbonyl (C=O) groups excluding carboxylic acids is 1. The maximum atomic E-state index is 11.6. The SMILES string of the molecule is CCCN(C)c1nc2c(s1)C(=O)CCC2. The molecule has 0 saturated heterocycles. The molecule has 1 aliphatic rings. The first kappa shape index (κ1) is 10.6. The molecule has 0 aliphatic heterocycles. The molecule has 2 rings (SSSR count). The van der Waals surface area contributed by atoms with Gasteiger partial charge in [-0.25, -0.2) is 4.98 Å². The molecule has 0 spiro atoms. The Morgan fingerprint density at radius 3 is 2.93 bits per heavy atom. The number of hydrogen-bond donors (Lipinski definition) is 0. The summed E-state index contributed by atoms with van der Waals surface area (Å²) >= 11 is 1.56. The number of aryl methyl sites for hydroxylation is 1. The van der Waals surface area contributed by atoms with Gasteiger partial charge in [0.25, 0.3) is 0 Å². The minimum absolute atomic E-state index is 0.282. The highest BCUT2D eigenvalue weighted by Gasteiger charge is 2.22. The summed E-state index contributed by atoms with van der Waals surface area (Å²) in [4.78, 5) is 19.2. The molecule has 0 amide bonds. The van der Waals surface area contributed by atoms with E-state index < -0.39 is 0 Å². The van der Waals surface area contributed by atoms with Crippen LogP contribution >= 0.6 is 11.3 Å². The molecule has 0 N–H and O–H groups in total. The number of thiazole rings is 1. The Labute approximate surface area is 94.1 Å². The molecule has 0 fully saturated rings. The Hall–Kier alpha value is -0.900. The third-order valence-electron chi connectivity index (χ3n) is 2.64. The van der Waals surface area contributed by atoms with Gasteiger partial charge in [0, 0.05) is 20.0 Å². The van der Waals surface area contributed by atoms with Crippen molar-refractivity contribution in [3.63, 3.8) is 0 Å². The summed E-state index contributed by atoms with van der Waals surface area (Å²) in [6.07, 6.45) is 3.74. The standard InChI is InChI=1S/C11H16N2OS/c1-3-7-13(2)11-12-8-5-4-6-9(14)10(8)15-11/h3-7H2,1-2H3. The number of hydrogen-bond acceptors (Lipinski definition) is 4. The number of carbonyl (C=O) groups is 1. The molecule has 0 saturated carbocycles. The van der Waals surface area contributed by atoms with Crippen molar-refractivity contribution >= 4 is 22.3 Å². The summed E-state index contributed by atoms with van der Waals surface area (Å²) in [6.45, 7) is 3.15. The highest BCUT2D eigenvalue weighted by atomic mass is 32.1. The third-order valence-corrected chi connectivity index (χ3v) is 3.90. The summed E-state index contributed by atoms with van der Waals surface area (Å²) in [5.74, 6) is 0.282. The van der Waals surface area contributed by atoms with Crippen LogP contribution in [-0.4, -0.2) is 24.4 Å². The molecule has 15 heavy (non-hydrogen) atoms. The smallest absolute Gasteiger partial charge is 0.185 e. The maximum Gasteiger partial charge on any atom is 0.185 e. The van der Waals surface area contributed by atoms with E-state index in [2.05, 4.69) is 16.8 Å². The van der Waals surface area contributed by atoms with Crippen LogP contribution in [0.2, 0.25) is 0 Å². The monoisotopic (exact) mass is 224 g/mol. The normalized spacial score (nSPS) is 15.2. The second-order valence-corrected chi connectivity index (χ2v) is 4.95. The average molecular weight is 224 g/mol. The quantitative estimate of drug-likeness (QED) is 0.791. The van der Waals surface area contributed by atoms with Gasteiger partial charge in [0.15, 0.2) is 10.9 Å². The van der Waals surface area contributed by atoms with Crippen LogP contribution in [0.4, 0.5) is 5.13 Å². The minimum Gasteiger partial charge on any atom is -0.351 e. The van der Waals surface area contributed by atoms with Gasteiger partial charge in [0.2, 0.25) is 0 Å². The summed E-state index contributed by atoms with van der Waals surface area (Å²) < 4.78 is 0. The lowest BCUT2D eigenvalue weighted by atomic mass is 10.0. The zero-order valence-electron chi connectivity index (χ0n) is 9.25. The lowest BCUT2D eigenvalue weighted by molar-refractivity contribution is 0.0976. The number of nitrogens with zero attached hydrogens (tertiary/aromatic N) is 2. The molecule has 0 radical (unpaired) electrons. The van der Waals surface area contributed by atoms with E-state index in [0.717, 1.165) is 41.5 Å². The Bertz CT molecular complexity index is 373. The van der Waals surface area contributed by atoms with E-state index in [1.807, 2.05) is 7.05 Å². The average Bonchev–Trinajstić information content (AvgIpc) is 2.63.